The zero-order chi connectivity index (χ0) is 30.1. The van der Waals surface area contributed by atoms with Gasteiger partial charge in [-0.05, 0) is 73.2 Å². The monoisotopic (exact) mass is 602 g/mol. The Labute approximate surface area is 246 Å². The summed E-state index contributed by atoms with van der Waals surface area (Å²) in [5.74, 6) is 0.644. The lowest BCUT2D eigenvalue weighted by Gasteiger charge is -2.50. The highest BCUT2D eigenvalue weighted by atomic mass is 28.4. The predicted molar refractivity (Wildman–Crippen MR) is 173 cm³/mol. The van der Waals surface area contributed by atoms with E-state index in [1.807, 2.05) is 0 Å². The Hall–Kier alpha value is 0.451. The normalized spacial score (nSPS) is 27.2. The van der Waals surface area contributed by atoms with Crippen molar-refractivity contribution in [2.24, 2.45) is 5.92 Å². The first kappa shape index (κ1) is 35.6. The van der Waals surface area contributed by atoms with E-state index in [2.05, 4.69) is 102 Å². The average molecular weight is 603 g/mol. The van der Waals surface area contributed by atoms with Gasteiger partial charge in [0.2, 0.25) is 0 Å². The van der Waals surface area contributed by atoms with E-state index < -0.39 is 25.0 Å². The molecule has 0 aromatic rings. The van der Waals surface area contributed by atoms with Gasteiger partial charge in [0, 0.05) is 6.42 Å². The van der Waals surface area contributed by atoms with E-state index in [0.29, 0.717) is 12.5 Å². The van der Waals surface area contributed by atoms with Crippen molar-refractivity contribution in [1.29, 1.82) is 0 Å². The number of hydrogen-bond acceptors (Lipinski definition) is 5. The summed E-state index contributed by atoms with van der Waals surface area (Å²) in [7, 11) is -6.15. The summed E-state index contributed by atoms with van der Waals surface area (Å²) >= 11 is 0. The minimum Gasteiger partial charge on any atom is -0.414 e. The molecule has 8 heteroatoms. The van der Waals surface area contributed by atoms with Crippen LogP contribution in [0.25, 0.3) is 0 Å². The molecule has 2 fully saturated rings. The zero-order valence-corrected chi connectivity index (χ0v) is 31.6. The van der Waals surface area contributed by atoms with Gasteiger partial charge in [-0.25, -0.2) is 0 Å². The van der Waals surface area contributed by atoms with Gasteiger partial charge in [0.15, 0.2) is 31.2 Å². The van der Waals surface area contributed by atoms with Crippen LogP contribution >= 0.6 is 0 Å². The lowest BCUT2D eigenvalue weighted by molar-refractivity contribution is -0.254. The molecule has 1 aliphatic carbocycles. The van der Waals surface area contributed by atoms with Crippen LogP contribution in [0.1, 0.15) is 101 Å². The molecule has 0 aromatic heterocycles. The maximum atomic E-state index is 7.21. The first-order chi connectivity index (χ1) is 17.5. The summed E-state index contributed by atoms with van der Waals surface area (Å²) in [6.07, 6.45) is 6.52. The Balaban J connectivity index is 2.40. The molecule has 2 rings (SSSR count). The van der Waals surface area contributed by atoms with E-state index in [0.717, 1.165) is 13.0 Å². The van der Waals surface area contributed by atoms with Gasteiger partial charge in [-0.1, -0.05) is 81.6 Å². The molecule has 1 saturated heterocycles. The molecule has 0 radical (unpaired) electrons. The molecule has 1 aliphatic heterocycles. The number of rotatable bonds is 10. The van der Waals surface area contributed by atoms with Gasteiger partial charge in [0.1, 0.15) is 6.10 Å². The van der Waals surface area contributed by atoms with E-state index in [1.54, 1.807) is 0 Å². The SMILES string of the molecule is CC(C)(C)[Si](C)(C)OC[C@H]1O[C@H](OCC2CCCCC2)C[C@@H](O[Si](C)(C)C(C)(C)C)[C@@H]1O[Si](C)(C)C(C)(C)C. The molecule has 232 valence electrons. The third kappa shape index (κ3) is 9.73. The largest absolute Gasteiger partial charge is 0.414 e. The van der Waals surface area contributed by atoms with Gasteiger partial charge < -0.3 is 22.8 Å². The summed E-state index contributed by atoms with van der Waals surface area (Å²) in [4.78, 5) is 0. The standard InChI is InChI=1S/C31H66O5Si3/c1-29(2,3)37(10,11)33-23-26-28(36-39(14,15)31(7,8)9)25(35-38(12,13)30(4,5)6)21-27(34-26)32-22-24-19-17-16-18-20-24/h24-28H,16-23H2,1-15H3/t25-,26-,27+,28+/m1/s1. The minimum absolute atomic E-state index is 0.0712. The third-order valence-corrected chi connectivity index (χ3v) is 24.1. The first-order valence-electron chi connectivity index (χ1n) is 15.7. The van der Waals surface area contributed by atoms with Crippen molar-refractivity contribution in [2.75, 3.05) is 13.2 Å². The van der Waals surface area contributed by atoms with Crippen LogP contribution < -0.4 is 0 Å². The molecule has 5 nitrogen and oxygen atoms in total. The van der Waals surface area contributed by atoms with Gasteiger partial charge >= 0.3 is 0 Å². The van der Waals surface area contributed by atoms with Gasteiger partial charge in [0.05, 0.1) is 25.4 Å². The summed E-state index contributed by atoms with van der Waals surface area (Å²) in [6, 6.07) is 0. The van der Waals surface area contributed by atoms with Crippen molar-refractivity contribution < 1.29 is 22.8 Å². The smallest absolute Gasteiger partial charge is 0.192 e. The fraction of sp³-hybridized carbons (Fsp3) is 1.00. The van der Waals surface area contributed by atoms with Crippen molar-refractivity contribution in [3.05, 3.63) is 0 Å². The molecule has 0 aromatic carbocycles. The molecule has 0 bridgehead atoms. The summed E-state index contributed by atoms with van der Waals surface area (Å²) in [6.45, 7) is 36.1. The molecule has 0 amide bonds. The van der Waals surface area contributed by atoms with Gasteiger partial charge in [0.25, 0.3) is 0 Å². The van der Waals surface area contributed by atoms with Crippen LogP contribution in [-0.4, -0.2) is 62.8 Å². The quantitative estimate of drug-likeness (QED) is 0.233. The van der Waals surface area contributed by atoms with Crippen LogP contribution in [0, 0.1) is 5.92 Å². The van der Waals surface area contributed by atoms with E-state index in [-0.39, 0.29) is 39.7 Å². The van der Waals surface area contributed by atoms with Crippen LogP contribution in [0.15, 0.2) is 0 Å². The molecule has 4 atom stereocenters. The Kier molecular flexibility index (Phi) is 11.9. The Morgan fingerprint density at radius 3 is 1.62 bits per heavy atom. The van der Waals surface area contributed by atoms with Gasteiger partial charge in [-0.3, -0.25) is 0 Å². The van der Waals surface area contributed by atoms with E-state index >= 15 is 0 Å². The van der Waals surface area contributed by atoms with Crippen molar-refractivity contribution in [3.8, 4) is 0 Å². The lowest BCUT2D eigenvalue weighted by atomic mass is 9.90. The van der Waals surface area contributed by atoms with Crippen molar-refractivity contribution in [2.45, 2.75) is 180 Å². The molecule has 1 heterocycles. The highest BCUT2D eigenvalue weighted by molar-refractivity contribution is 6.75. The summed E-state index contributed by atoms with van der Waals surface area (Å²) < 4.78 is 34.6. The molecule has 0 N–H and O–H groups in total. The molecular formula is C31H66O5Si3. The molecule has 0 unspecified atom stereocenters. The van der Waals surface area contributed by atoms with Crippen molar-refractivity contribution in [1.82, 2.24) is 0 Å². The maximum Gasteiger partial charge on any atom is 0.192 e. The van der Waals surface area contributed by atoms with Crippen LogP contribution in [0.4, 0.5) is 0 Å². The molecule has 1 saturated carbocycles. The Morgan fingerprint density at radius 1 is 0.641 bits per heavy atom. The predicted octanol–water partition coefficient (Wildman–Crippen LogP) is 9.50. The third-order valence-electron chi connectivity index (χ3n) is 10.6. The van der Waals surface area contributed by atoms with Crippen LogP contribution in [0.5, 0.6) is 0 Å². The van der Waals surface area contributed by atoms with Crippen molar-refractivity contribution in [3.63, 3.8) is 0 Å². The topological polar surface area (TPSA) is 46.2 Å². The van der Waals surface area contributed by atoms with Crippen LogP contribution in [0.3, 0.4) is 0 Å². The highest BCUT2D eigenvalue weighted by Gasteiger charge is 2.51. The fourth-order valence-electron chi connectivity index (χ4n) is 4.58. The van der Waals surface area contributed by atoms with E-state index in [9.17, 15) is 0 Å². The second-order valence-corrected chi connectivity index (χ2v) is 31.3. The average Bonchev–Trinajstić information content (AvgIpc) is 2.76. The first-order valence-corrected chi connectivity index (χ1v) is 24.5. The zero-order valence-electron chi connectivity index (χ0n) is 28.6. The second-order valence-electron chi connectivity index (χ2n) is 17.0. The maximum absolute atomic E-state index is 7.21. The highest BCUT2D eigenvalue weighted by Crippen LogP contribution is 2.44. The number of hydrogen-bond donors (Lipinski definition) is 0. The van der Waals surface area contributed by atoms with Crippen molar-refractivity contribution >= 4 is 25.0 Å². The lowest BCUT2D eigenvalue weighted by Crippen LogP contribution is -2.61. The van der Waals surface area contributed by atoms with Crippen LogP contribution in [-0.2, 0) is 22.8 Å². The Morgan fingerprint density at radius 2 is 1.13 bits per heavy atom. The molecule has 0 spiro atoms. The molecule has 39 heavy (non-hydrogen) atoms. The summed E-state index contributed by atoms with van der Waals surface area (Å²) in [5, 5.41) is 0.331. The molecular weight excluding hydrogens is 537 g/mol. The van der Waals surface area contributed by atoms with E-state index in [1.165, 1.54) is 32.1 Å². The Bertz CT molecular complexity index is 758. The van der Waals surface area contributed by atoms with Crippen LogP contribution in [0.2, 0.25) is 54.4 Å². The van der Waals surface area contributed by atoms with E-state index in [4.69, 9.17) is 22.8 Å². The summed E-state index contributed by atoms with van der Waals surface area (Å²) in [5.41, 5.74) is 0. The fourth-order valence-corrected chi connectivity index (χ4v) is 8.27. The molecule has 2 aliphatic rings. The minimum atomic E-state index is -2.11. The van der Waals surface area contributed by atoms with Gasteiger partial charge in [-0.2, -0.15) is 0 Å². The van der Waals surface area contributed by atoms with Gasteiger partial charge in [-0.15, -0.1) is 0 Å². The number of ether oxygens (including phenoxy) is 2. The second kappa shape index (κ2) is 13.0.